The van der Waals surface area contributed by atoms with E-state index in [1.54, 1.807) is 0 Å². The number of ether oxygens (including phenoxy) is 1. The first-order valence-electron chi connectivity index (χ1n) is 8.31. The predicted octanol–water partition coefficient (Wildman–Crippen LogP) is 3.30. The van der Waals surface area contributed by atoms with Crippen LogP contribution in [-0.4, -0.2) is 37.2 Å². The van der Waals surface area contributed by atoms with E-state index < -0.39 is 0 Å². The van der Waals surface area contributed by atoms with E-state index in [2.05, 4.69) is 55.3 Å². The summed E-state index contributed by atoms with van der Waals surface area (Å²) in [5.41, 5.74) is 1.25. The number of nitrogens with one attached hydrogen (secondary N) is 1. The summed E-state index contributed by atoms with van der Waals surface area (Å²) in [7, 11) is 0. The highest BCUT2D eigenvalue weighted by atomic mass is 16.5. The monoisotopic (exact) mass is 290 g/mol. The highest BCUT2D eigenvalue weighted by Crippen LogP contribution is 2.19. The van der Waals surface area contributed by atoms with Gasteiger partial charge in [0.15, 0.2) is 0 Å². The van der Waals surface area contributed by atoms with Crippen molar-refractivity contribution < 1.29 is 4.74 Å². The number of benzene rings is 1. The van der Waals surface area contributed by atoms with Crippen LogP contribution in [-0.2, 0) is 6.54 Å². The smallest absolute Gasteiger partial charge is 0.123 e. The molecule has 0 saturated carbocycles. The van der Waals surface area contributed by atoms with E-state index in [9.17, 15) is 0 Å². The average molecular weight is 290 g/mol. The van der Waals surface area contributed by atoms with Gasteiger partial charge in [-0.3, -0.25) is 4.90 Å². The molecule has 3 nitrogen and oxygen atoms in total. The van der Waals surface area contributed by atoms with Gasteiger partial charge in [-0.05, 0) is 37.9 Å². The minimum Gasteiger partial charge on any atom is -0.492 e. The second-order valence-electron chi connectivity index (χ2n) is 6.52. The molecule has 1 N–H and O–H groups in total. The third-order valence-corrected chi connectivity index (χ3v) is 4.21. The van der Waals surface area contributed by atoms with E-state index in [4.69, 9.17) is 4.74 Å². The molecule has 1 aliphatic rings. The molecular formula is C18H30N2O. The molecule has 118 valence electrons. The fraction of sp³-hybridized carbons (Fsp3) is 0.667. The van der Waals surface area contributed by atoms with E-state index in [1.807, 2.05) is 0 Å². The summed E-state index contributed by atoms with van der Waals surface area (Å²) in [6.45, 7) is 11.8. The van der Waals surface area contributed by atoms with Gasteiger partial charge in [-0.2, -0.15) is 0 Å². The summed E-state index contributed by atoms with van der Waals surface area (Å²) in [4.78, 5) is 2.52. The molecule has 1 heterocycles. The molecule has 21 heavy (non-hydrogen) atoms. The Morgan fingerprint density at radius 3 is 2.67 bits per heavy atom. The lowest BCUT2D eigenvalue weighted by Gasteiger charge is -2.30. The fourth-order valence-electron chi connectivity index (χ4n) is 2.68. The average Bonchev–Trinajstić information content (AvgIpc) is 2.48. The molecule has 0 aromatic heterocycles. The number of para-hydroxylation sites is 1. The van der Waals surface area contributed by atoms with Crippen LogP contribution in [0.15, 0.2) is 24.3 Å². The van der Waals surface area contributed by atoms with Gasteiger partial charge in [-0.25, -0.2) is 0 Å². The van der Waals surface area contributed by atoms with Crippen molar-refractivity contribution in [3.05, 3.63) is 29.8 Å². The van der Waals surface area contributed by atoms with Gasteiger partial charge in [0.1, 0.15) is 12.4 Å². The molecule has 0 unspecified atom stereocenters. The van der Waals surface area contributed by atoms with Crippen molar-refractivity contribution in [2.45, 2.75) is 46.2 Å². The topological polar surface area (TPSA) is 24.5 Å². The molecule has 0 spiro atoms. The van der Waals surface area contributed by atoms with Crippen molar-refractivity contribution in [3.8, 4) is 5.75 Å². The van der Waals surface area contributed by atoms with E-state index in [0.717, 1.165) is 31.4 Å². The van der Waals surface area contributed by atoms with Crippen LogP contribution in [0.4, 0.5) is 0 Å². The minimum absolute atomic E-state index is 0.494. The zero-order valence-corrected chi connectivity index (χ0v) is 13.8. The second-order valence-corrected chi connectivity index (χ2v) is 6.52. The maximum absolute atomic E-state index is 6.02. The van der Waals surface area contributed by atoms with Gasteiger partial charge in [0.2, 0.25) is 0 Å². The molecule has 0 radical (unpaired) electrons. The number of rotatable bonds is 7. The number of hydrogen-bond donors (Lipinski definition) is 1. The molecule has 1 saturated heterocycles. The van der Waals surface area contributed by atoms with Crippen molar-refractivity contribution in [1.29, 1.82) is 0 Å². The molecular weight excluding hydrogens is 260 g/mol. The Morgan fingerprint density at radius 1 is 1.24 bits per heavy atom. The lowest BCUT2D eigenvalue weighted by Crippen LogP contribution is -2.35. The van der Waals surface area contributed by atoms with Crippen molar-refractivity contribution in [1.82, 2.24) is 10.2 Å². The van der Waals surface area contributed by atoms with Gasteiger partial charge in [-0.1, -0.05) is 39.0 Å². The van der Waals surface area contributed by atoms with Gasteiger partial charge < -0.3 is 10.1 Å². The summed E-state index contributed by atoms with van der Waals surface area (Å²) < 4.78 is 6.02. The summed E-state index contributed by atoms with van der Waals surface area (Å²) in [5, 5.41) is 3.46. The van der Waals surface area contributed by atoms with Gasteiger partial charge in [0, 0.05) is 24.7 Å². The zero-order valence-electron chi connectivity index (χ0n) is 13.8. The van der Waals surface area contributed by atoms with E-state index in [0.29, 0.717) is 6.04 Å². The Balaban J connectivity index is 1.77. The van der Waals surface area contributed by atoms with Crippen molar-refractivity contribution in [2.75, 3.05) is 26.2 Å². The summed E-state index contributed by atoms with van der Waals surface area (Å²) >= 11 is 0. The van der Waals surface area contributed by atoms with E-state index >= 15 is 0 Å². The standard InChI is InChI=1S/C18H30N2O/c1-15(2)19-14-17-6-4-5-7-18(17)21-13-12-20-10-8-16(3)9-11-20/h4-7,15-16,19H,8-14H2,1-3H3. The first-order chi connectivity index (χ1) is 10.1. The minimum atomic E-state index is 0.494. The van der Waals surface area contributed by atoms with Gasteiger partial charge in [-0.15, -0.1) is 0 Å². The maximum Gasteiger partial charge on any atom is 0.123 e. The first-order valence-corrected chi connectivity index (χ1v) is 8.31. The Labute approximate surface area is 129 Å². The lowest BCUT2D eigenvalue weighted by atomic mass is 9.99. The Kier molecular flexibility index (Phi) is 6.52. The predicted molar refractivity (Wildman–Crippen MR) is 88.8 cm³/mol. The van der Waals surface area contributed by atoms with Gasteiger partial charge in [0.25, 0.3) is 0 Å². The van der Waals surface area contributed by atoms with Crippen LogP contribution in [0.1, 0.15) is 39.2 Å². The Morgan fingerprint density at radius 2 is 1.95 bits per heavy atom. The van der Waals surface area contributed by atoms with Crippen LogP contribution in [0.5, 0.6) is 5.75 Å². The molecule has 2 rings (SSSR count). The molecule has 0 amide bonds. The molecule has 3 heteroatoms. The first kappa shape index (κ1) is 16.3. The van der Waals surface area contributed by atoms with Crippen LogP contribution in [0.25, 0.3) is 0 Å². The normalized spacial score (nSPS) is 17.3. The molecule has 1 aliphatic heterocycles. The fourth-order valence-corrected chi connectivity index (χ4v) is 2.68. The number of nitrogens with zero attached hydrogens (tertiary/aromatic N) is 1. The number of hydrogen-bond acceptors (Lipinski definition) is 3. The third kappa shape index (κ3) is 5.68. The lowest BCUT2D eigenvalue weighted by molar-refractivity contribution is 0.160. The summed E-state index contributed by atoms with van der Waals surface area (Å²) in [6.07, 6.45) is 2.66. The maximum atomic E-state index is 6.02. The van der Waals surface area contributed by atoms with Gasteiger partial charge in [0.05, 0.1) is 0 Å². The second kappa shape index (κ2) is 8.40. The summed E-state index contributed by atoms with van der Waals surface area (Å²) in [5.74, 6) is 1.92. The van der Waals surface area contributed by atoms with Crippen molar-refractivity contribution in [3.63, 3.8) is 0 Å². The number of likely N-dealkylation sites (tertiary alicyclic amines) is 1. The molecule has 0 bridgehead atoms. The van der Waals surface area contributed by atoms with Crippen molar-refractivity contribution >= 4 is 0 Å². The molecule has 0 atom stereocenters. The molecule has 1 fully saturated rings. The quantitative estimate of drug-likeness (QED) is 0.834. The highest BCUT2D eigenvalue weighted by Gasteiger charge is 2.15. The zero-order chi connectivity index (χ0) is 15.1. The van der Waals surface area contributed by atoms with E-state index in [1.165, 1.54) is 31.5 Å². The highest BCUT2D eigenvalue weighted by molar-refractivity contribution is 5.33. The largest absolute Gasteiger partial charge is 0.492 e. The third-order valence-electron chi connectivity index (χ3n) is 4.21. The van der Waals surface area contributed by atoms with E-state index in [-0.39, 0.29) is 0 Å². The SMILES string of the molecule is CC1CCN(CCOc2ccccc2CNC(C)C)CC1. The molecule has 1 aromatic carbocycles. The van der Waals surface area contributed by atoms with Gasteiger partial charge >= 0.3 is 0 Å². The van der Waals surface area contributed by atoms with Crippen LogP contribution >= 0.6 is 0 Å². The molecule has 1 aromatic rings. The Bertz CT molecular complexity index is 411. The van der Waals surface area contributed by atoms with Crippen LogP contribution < -0.4 is 10.1 Å². The van der Waals surface area contributed by atoms with Crippen LogP contribution in [0.3, 0.4) is 0 Å². The van der Waals surface area contributed by atoms with Crippen molar-refractivity contribution in [2.24, 2.45) is 5.92 Å². The number of piperidine rings is 1. The molecule has 0 aliphatic carbocycles. The van der Waals surface area contributed by atoms with Crippen LogP contribution in [0, 0.1) is 5.92 Å². The summed E-state index contributed by atoms with van der Waals surface area (Å²) in [6, 6.07) is 8.85. The van der Waals surface area contributed by atoms with Crippen LogP contribution in [0.2, 0.25) is 0 Å². The Hall–Kier alpha value is -1.06.